The Bertz CT molecular complexity index is 3170. The zero-order chi connectivity index (χ0) is 42.9. The number of hydrogen-bond acceptors (Lipinski definition) is 8. The Labute approximate surface area is 340 Å². The lowest BCUT2D eigenvalue weighted by Crippen LogP contribution is -2.17. The van der Waals surface area contributed by atoms with Crippen LogP contribution in [0.1, 0.15) is 72.3 Å². The van der Waals surface area contributed by atoms with Crippen LogP contribution >= 0.6 is 0 Å². The largest absolute Gasteiger partial charge is 0.573 e. The lowest BCUT2D eigenvalue weighted by Gasteiger charge is -2.15. The number of halogens is 3. The third kappa shape index (κ3) is 6.75. The van der Waals surface area contributed by atoms with Gasteiger partial charge in [-0.25, -0.2) is 4.85 Å². The van der Waals surface area contributed by atoms with Crippen LogP contribution in [0.2, 0.25) is 0 Å². The molecule has 5 aromatic rings. The molecular formula is C48H19F3N8O. The maximum absolute atomic E-state index is 13.2. The van der Waals surface area contributed by atoms with Crippen molar-refractivity contribution in [1.82, 2.24) is 0 Å². The summed E-state index contributed by atoms with van der Waals surface area (Å²) in [5, 5.41) is 72.0. The summed E-state index contributed by atoms with van der Waals surface area (Å²) >= 11 is 0. The number of hydrogen-bond donors (Lipinski definition) is 0. The second kappa shape index (κ2) is 15.2. The van der Waals surface area contributed by atoms with Gasteiger partial charge in [-0.1, -0.05) is 42.0 Å². The number of nitrogens with zero attached hydrogens (tertiary/aromatic N) is 8. The Morgan fingerprint density at radius 3 is 1.40 bits per heavy atom. The number of fused-ring (bicyclic) bond motifs is 2. The molecule has 278 valence electrons. The average Bonchev–Trinajstić information content (AvgIpc) is 3.74. The van der Waals surface area contributed by atoms with Crippen LogP contribution in [0.15, 0.2) is 97.1 Å². The lowest BCUT2D eigenvalue weighted by molar-refractivity contribution is -0.274. The van der Waals surface area contributed by atoms with Crippen molar-refractivity contribution in [1.29, 1.82) is 36.8 Å². The van der Waals surface area contributed by atoms with E-state index in [1.165, 1.54) is 48.5 Å². The molecule has 0 N–H and O–H groups in total. The van der Waals surface area contributed by atoms with Gasteiger partial charge in [0.2, 0.25) is 5.70 Å². The predicted octanol–water partition coefficient (Wildman–Crippen LogP) is 10.5. The SMILES string of the molecule is [C-]#[N+]/C(=C1/C(c2ccc(OC(F)(F)F)cc2)=C(C#N)c2cc3c(cc21)C(C#N)=C(c1ccc(C)cc1)/C3=C(/C#N)c1cc(C#N)cc(C#N)c1)c1cc(C#N)cc(C#N)c1. The van der Waals surface area contributed by atoms with Crippen LogP contribution in [0.3, 0.4) is 0 Å². The fourth-order valence-corrected chi connectivity index (χ4v) is 7.40. The molecule has 12 heteroatoms. The van der Waals surface area contributed by atoms with Gasteiger partial charge in [0.25, 0.3) is 0 Å². The number of rotatable bonds is 5. The van der Waals surface area contributed by atoms with Crippen molar-refractivity contribution in [2.45, 2.75) is 13.3 Å². The summed E-state index contributed by atoms with van der Waals surface area (Å²) in [5.41, 5.74) is 4.48. The van der Waals surface area contributed by atoms with Crippen molar-refractivity contribution in [3.63, 3.8) is 0 Å². The van der Waals surface area contributed by atoms with Crippen molar-refractivity contribution in [3.05, 3.63) is 181 Å². The maximum Gasteiger partial charge on any atom is 0.573 e. The fraction of sp³-hybridized carbons (Fsp3) is 0.0417. The number of alkyl halides is 3. The summed E-state index contributed by atoms with van der Waals surface area (Å²) in [7, 11) is 0. The molecule has 0 amide bonds. The van der Waals surface area contributed by atoms with Gasteiger partial charge in [-0.15, -0.1) is 13.2 Å². The molecule has 0 saturated heterocycles. The number of ether oxygens (including phenoxy) is 1. The molecule has 0 aliphatic heterocycles. The molecule has 0 atom stereocenters. The third-order valence-corrected chi connectivity index (χ3v) is 9.83. The molecule has 0 unspecified atom stereocenters. The van der Waals surface area contributed by atoms with Crippen LogP contribution in [-0.2, 0) is 0 Å². The van der Waals surface area contributed by atoms with E-state index < -0.39 is 12.1 Å². The molecule has 0 spiro atoms. The second-order valence-corrected chi connectivity index (χ2v) is 13.3. The first-order valence-corrected chi connectivity index (χ1v) is 17.5. The number of aryl methyl sites for hydroxylation is 1. The van der Waals surface area contributed by atoms with Crippen LogP contribution in [-0.4, -0.2) is 6.36 Å². The zero-order valence-corrected chi connectivity index (χ0v) is 30.9. The summed E-state index contributed by atoms with van der Waals surface area (Å²) in [6, 6.07) is 38.3. The molecule has 0 heterocycles. The molecule has 9 nitrogen and oxygen atoms in total. The highest BCUT2D eigenvalue weighted by Crippen LogP contribution is 2.56. The van der Waals surface area contributed by atoms with Crippen molar-refractivity contribution in [2.75, 3.05) is 0 Å². The van der Waals surface area contributed by atoms with Gasteiger partial charge in [0.1, 0.15) is 24.0 Å². The Kier molecular flexibility index (Phi) is 9.87. The Morgan fingerprint density at radius 2 is 0.983 bits per heavy atom. The van der Waals surface area contributed by atoms with E-state index in [2.05, 4.69) is 27.8 Å². The highest BCUT2D eigenvalue weighted by atomic mass is 19.4. The number of benzene rings is 5. The minimum Gasteiger partial charge on any atom is -0.406 e. The van der Waals surface area contributed by atoms with Gasteiger partial charge in [-0.2, -0.15) is 36.8 Å². The molecule has 0 radical (unpaired) electrons. The first kappa shape index (κ1) is 38.8. The van der Waals surface area contributed by atoms with Gasteiger partial charge in [0, 0.05) is 22.3 Å². The van der Waals surface area contributed by atoms with E-state index in [1.807, 2.05) is 43.3 Å². The first-order valence-electron chi connectivity index (χ1n) is 17.5. The monoisotopic (exact) mass is 780 g/mol. The van der Waals surface area contributed by atoms with E-state index in [1.54, 1.807) is 24.3 Å². The molecule has 0 fully saturated rings. The van der Waals surface area contributed by atoms with Crippen molar-refractivity contribution < 1.29 is 17.9 Å². The molecule has 7 rings (SSSR count). The predicted molar refractivity (Wildman–Crippen MR) is 213 cm³/mol. The molecule has 2 aliphatic rings. The standard InChI is InChI=1S/C48H19F3N8O/c1-26-3-5-31(6-4-26)43-41(24-57)36-18-39-37(17-38(36)45(43)40(23-56)33-13-27(19-52)11-28(14-33)20-53)42(25-58)44(32-7-9-35(10-8-32)60-48(49,50)51)46(39)47(59-2)34-15-29(21-54)12-30(16-34)22-55/h3-18H,1H3/b45-40-,47-46+. The Hall–Kier alpha value is -9.43. The van der Waals surface area contributed by atoms with Crippen LogP contribution in [0.5, 0.6) is 5.75 Å². The van der Waals surface area contributed by atoms with Gasteiger partial charge in [0.15, 0.2) is 0 Å². The van der Waals surface area contributed by atoms with Gasteiger partial charge in [-0.05, 0) is 112 Å². The first-order chi connectivity index (χ1) is 28.9. The zero-order valence-electron chi connectivity index (χ0n) is 30.9. The number of allylic oxidation sites excluding steroid dienone is 7. The summed E-state index contributed by atoms with van der Waals surface area (Å²) < 4.78 is 43.5. The van der Waals surface area contributed by atoms with Gasteiger partial charge in [0.05, 0.1) is 69.8 Å². The van der Waals surface area contributed by atoms with Crippen LogP contribution in [0, 0.1) is 92.8 Å². The molecule has 0 aromatic heterocycles. The second-order valence-electron chi connectivity index (χ2n) is 13.3. The number of nitriles is 7. The average molecular weight is 781 g/mol. The van der Waals surface area contributed by atoms with Crippen molar-refractivity contribution in [3.8, 4) is 48.2 Å². The van der Waals surface area contributed by atoms with E-state index in [0.717, 1.165) is 17.7 Å². The van der Waals surface area contributed by atoms with Crippen LogP contribution < -0.4 is 4.74 Å². The van der Waals surface area contributed by atoms with Crippen LogP contribution in [0.25, 0.3) is 49.6 Å². The lowest BCUT2D eigenvalue weighted by atomic mass is 9.87. The highest BCUT2D eigenvalue weighted by molar-refractivity contribution is 6.34. The summed E-state index contributed by atoms with van der Waals surface area (Å²) in [6.07, 6.45) is -4.99. The van der Waals surface area contributed by atoms with Gasteiger partial charge >= 0.3 is 6.36 Å². The quantitative estimate of drug-likeness (QED) is 0.125. The fourth-order valence-electron chi connectivity index (χ4n) is 7.40. The van der Waals surface area contributed by atoms with E-state index in [0.29, 0.717) is 22.3 Å². The summed E-state index contributed by atoms with van der Waals surface area (Å²) in [4.78, 5) is 3.84. The molecule has 2 aliphatic carbocycles. The minimum atomic E-state index is -4.99. The molecular weight excluding hydrogens is 762 g/mol. The Balaban J connectivity index is 1.63. The third-order valence-electron chi connectivity index (χ3n) is 9.83. The van der Waals surface area contributed by atoms with Gasteiger partial charge in [-0.3, -0.25) is 0 Å². The minimum absolute atomic E-state index is 0.0104. The van der Waals surface area contributed by atoms with E-state index in [9.17, 15) is 50.0 Å². The van der Waals surface area contributed by atoms with E-state index >= 15 is 0 Å². The summed E-state index contributed by atoms with van der Waals surface area (Å²) in [6.45, 7) is 10.3. The van der Waals surface area contributed by atoms with Crippen molar-refractivity contribution >= 4 is 44.7 Å². The van der Waals surface area contributed by atoms with Crippen LogP contribution in [0.4, 0.5) is 13.2 Å². The van der Waals surface area contributed by atoms with Gasteiger partial charge < -0.3 is 4.74 Å². The highest BCUT2D eigenvalue weighted by Gasteiger charge is 2.38. The maximum atomic E-state index is 13.2. The van der Waals surface area contributed by atoms with Crippen molar-refractivity contribution in [2.24, 2.45) is 0 Å². The summed E-state index contributed by atoms with van der Waals surface area (Å²) in [5.74, 6) is -0.539. The topological polar surface area (TPSA) is 180 Å². The normalized spacial score (nSPS) is 14.1. The van der Waals surface area contributed by atoms with E-state index in [4.69, 9.17) is 6.57 Å². The molecule has 60 heavy (non-hydrogen) atoms. The molecule has 5 aromatic carbocycles. The van der Waals surface area contributed by atoms with E-state index in [-0.39, 0.29) is 89.2 Å². The Morgan fingerprint density at radius 1 is 0.550 bits per heavy atom. The molecule has 0 saturated carbocycles. The molecule has 0 bridgehead atoms. The smallest absolute Gasteiger partial charge is 0.406 e.